The van der Waals surface area contributed by atoms with Crippen LogP contribution in [0.25, 0.3) is 0 Å². The Bertz CT molecular complexity index is 1730. The lowest BCUT2D eigenvalue weighted by atomic mass is 9.96. The van der Waals surface area contributed by atoms with Gasteiger partial charge < -0.3 is 153 Å². The highest BCUT2D eigenvalue weighted by Gasteiger charge is 2.56. The molecule has 6 heterocycles. The summed E-state index contributed by atoms with van der Waals surface area (Å²) in [5.41, 5.74) is 0. The second-order valence-corrected chi connectivity index (χ2v) is 19.0. The third-order valence-corrected chi connectivity index (χ3v) is 13.4. The molecule has 0 radical (unpaired) electrons. The molecule has 0 aromatic rings. The van der Waals surface area contributed by atoms with Crippen molar-refractivity contribution in [2.24, 2.45) is 0 Å². The molecule has 0 aromatic heterocycles. The molecule has 428 valence electrons. The highest BCUT2D eigenvalue weighted by Crippen LogP contribution is 2.39. The number of methoxy groups -OCH3 is 1. The standard InChI is InChI=1S/C37H65O35P/c1-59-32-28(54)29(70-37-31(24(50)15(41)9(3-39)65-37)72-35-27(53)22(48)18(44)13(69-35)7-63-73(56,57)58)19(45)11(66-32)5-60-33-25(51)20(46)16(42)10(67-33)4-61-36-30(23(49)14(40)8(2-38)64-36)71-34-26(52)21(47)17(43)12(68-34)6-62-55/h8-55H,2-7H2,1H3,(H2,56,57,58)/t8?,9?,10?,11?,12?,13?,14-,15-,16-,17-,18-,19-,20+,21+,22+,23+,24+,25?,26?,27?,28?,29+,30?,31?,32-,33+,34-,35-,36+,37-/m1/s1. The van der Waals surface area contributed by atoms with Crippen LogP contribution in [0.5, 0.6) is 0 Å². The number of hydrogen-bond donors (Lipinski definition) is 20. The van der Waals surface area contributed by atoms with Crippen molar-refractivity contribution in [3.8, 4) is 0 Å². The fourth-order valence-electron chi connectivity index (χ4n) is 8.65. The van der Waals surface area contributed by atoms with E-state index < -0.39 is 232 Å². The minimum Gasteiger partial charge on any atom is -0.394 e. The number of phosphoric acid groups is 1. The number of aliphatic hydroxyl groups excluding tert-OH is 17. The van der Waals surface area contributed by atoms with Gasteiger partial charge >= 0.3 is 7.82 Å². The van der Waals surface area contributed by atoms with Crippen molar-refractivity contribution in [3.05, 3.63) is 0 Å². The summed E-state index contributed by atoms with van der Waals surface area (Å²) in [6.07, 6.45) is -57.8. The monoisotopic (exact) mass is 1100 g/mol. The molecule has 35 nitrogen and oxygen atoms in total. The van der Waals surface area contributed by atoms with E-state index in [0.717, 1.165) is 7.11 Å². The van der Waals surface area contributed by atoms with E-state index in [2.05, 4.69) is 9.41 Å². The second-order valence-electron chi connectivity index (χ2n) is 17.8. The van der Waals surface area contributed by atoms with Crippen molar-refractivity contribution in [2.45, 2.75) is 184 Å². The van der Waals surface area contributed by atoms with Crippen molar-refractivity contribution in [1.29, 1.82) is 0 Å². The lowest BCUT2D eigenvalue weighted by Gasteiger charge is -2.48. The molecular formula is C37H65O35P. The zero-order chi connectivity index (χ0) is 54.0. The lowest BCUT2D eigenvalue weighted by molar-refractivity contribution is -0.390. The summed E-state index contributed by atoms with van der Waals surface area (Å²) in [4.78, 5) is 22.2. The minimum absolute atomic E-state index is 0.738. The first-order valence-electron chi connectivity index (χ1n) is 22.4. The molecule has 6 saturated heterocycles. The van der Waals surface area contributed by atoms with Gasteiger partial charge in [-0.05, 0) is 0 Å². The van der Waals surface area contributed by atoms with Gasteiger partial charge in [-0.2, -0.15) is 0 Å². The molecule has 0 aromatic carbocycles. The molecule has 20 N–H and O–H groups in total. The summed E-state index contributed by atoms with van der Waals surface area (Å²) < 4.78 is 82.6. The summed E-state index contributed by atoms with van der Waals surface area (Å²) in [5.74, 6) is 0. The van der Waals surface area contributed by atoms with Crippen LogP contribution in [0.15, 0.2) is 0 Å². The topological polar surface area (TPSA) is 551 Å². The van der Waals surface area contributed by atoms with Crippen LogP contribution in [0.1, 0.15) is 0 Å². The van der Waals surface area contributed by atoms with Crippen molar-refractivity contribution >= 4 is 7.82 Å². The lowest BCUT2D eigenvalue weighted by Crippen LogP contribution is -2.67. The summed E-state index contributed by atoms with van der Waals surface area (Å²) >= 11 is 0. The van der Waals surface area contributed by atoms with Gasteiger partial charge in [0.15, 0.2) is 37.7 Å². The second kappa shape index (κ2) is 26.2. The van der Waals surface area contributed by atoms with Gasteiger partial charge in [-0.15, -0.1) is 0 Å². The van der Waals surface area contributed by atoms with E-state index in [1.165, 1.54) is 0 Å². The van der Waals surface area contributed by atoms with Crippen molar-refractivity contribution in [2.75, 3.05) is 46.8 Å². The third kappa shape index (κ3) is 13.8. The third-order valence-electron chi connectivity index (χ3n) is 12.9. The van der Waals surface area contributed by atoms with Crippen LogP contribution in [0.3, 0.4) is 0 Å². The Hall–Kier alpha value is -1.13. The van der Waals surface area contributed by atoms with Gasteiger partial charge in [-0.1, -0.05) is 0 Å². The molecule has 0 spiro atoms. The maximum Gasteiger partial charge on any atom is 0.469 e. The number of rotatable bonds is 20. The van der Waals surface area contributed by atoms with Gasteiger partial charge in [0.05, 0.1) is 33.0 Å². The predicted octanol–water partition coefficient (Wildman–Crippen LogP) is -12.8. The Labute approximate surface area is 411 Å². The molecule has 6 aliphatic rings. The Kier molecular flexibility index (Phi) is 21.9. The maximum absolute atomic E-state index is 11.6. The van der Waals surface area contributed by atoms with E-state index in [0.29, 0.717) is 0 Å². The highest BCUT2D eigenvalue weighted by molar-refractivity contribution is 7.46. The van der Waals surface area contributed by atoms with Gasteiger partial charge in [0.1, 0.15) is 153 Å². The van der Waals surface area contributed by atoms with Crippen LogP contribution in [0, 0.1) is 0 Å². The number of hydrogen-bond acceptors (Lipinski definition) is 33. The summed E-state index contributed by atoms with van der Waals surface area (Å²) in [6, 6.07) is 0. The zero-order valence-electron chi connectivity index (χ0n) is 38.1. The number of aliphatic hydroxyl groups is 17. The van der Waals surface area contributed by atoms with E-state index in [1.807, 2.05) is 0 Å². The van der Waals surface area contributed by atoms with E-state index in [9.17, 15) is 91.4 Å². The Morgan fingerprint density at radius 2 is 0.726 bits per heavy atom. The molecule has 6 aliphatic heterocycles. The Morgan fingerprint density at radius 1 is 0.370 bits per heavy atom. The Balaban J connectivity index is 1.14. The molecule has 12 unspecified atom stereocenters. The number of ether oxygens (including phenoxy) is 12. The molecule has 73 heavy (non-hydrogen) atoms. The Morgan fingerprint density at radius 3 is 1.19 bits per heavy atom. The first kappa shape index (κ1) is 61.1. The summed E-state index contributed by atoms with van der Waals surface area (Å²) in [6.45, 7) is -5.41. The van der Waals surface area contributed by atoms with Crippen LogP contribution in [-0.4, -0.2) is 333 Å². The predicted molar refractivity (Wildman–Crippen MR) is 216 cm³/mol. The molecule has 6 rings (SSSR count). The van der Waals surface area contributed by atoms with Crippen molar-refractivity contribution in [3.63, 3.8) is 0 Å². The van der Waals surface area contributed by atoms with E-state index in [-0.39, 0.29) is 0 Å². The maximum atomic E-state index is 11.6. The molecule has 0 saturated carbocycles. The normalized spacial score (nSPS) is 50.2. The van der Waals surface area contributed by atoms with Crippen molar-refractivity contribution < 1.29 is 173 Å². The average molecular weight is 1100 g/mol. The van der Waals surface area contributed by atoms with Crippen LogP contribution in [-0.2, 0) is 70.8 Å². The first-order valence-corrected chi connectivity index (χ1v) is 23.9. The fourth-order valence-corrected chi connectivity index (χ4v) is 9.00. The van der Waals surface area contributed by atoms with Crippen molar-refractivity contribution in [1.82, 2.24) is 0 Å². The fraction of sp³-hybridized carbons (Fsp3) is 1.00. The molecule has 0 amide bonds. The van der Waals surface area contributed by atoms with Gasteiger partial charge in [0, 0.05) is 7.11 Å². The van der Waals surface area contributed by atoms with Crippen LogP contribution in [0.2, 0.25) is 0 Å². The van der Waals surface area contributed by atoms with Gasteiger partial charge in [-0.3, -0.25) is 9.78 Å². The van der Waals surface area contributed by atoms with Crippen LogP contribution in [0.4, 0.5) is 0 Å². The minimum atomic E-state index is -5.18. The molecular weight excluding hydrogens is 1040 g/mol. The van der Waals surface area contributed by atoms with Crippen LogP contribution >= 0.6 is 7.82 Å². The zero-order valence-corrected chi connectivity index (χ0v) is 39.0. The molecule has 0 bridgehead atoms. The summed E-state index contributed by atoms with van der Waals surface area (Å²) in [5, 5.41) is 190. The highest BCUT2D eigenvalue weighted by atomic mass is 31.2. The van der Waals surface area contributed by atoms with Gasteiger partial charge in [0.25, 0.3) is 0 Å². The van der Waals surface area contributed by atoms with Gasteiger partial charge in [0.2, 0.25) is 0 Å². The SMILES string of the molecule is CO[C@@H]1OC(CO[C@H]2OC(CO[C@H]3OC(CO)[C@@H](O)[C@H](O)C3O[C@H]3OC(COO)[C@@H](O)[C@H](O)C3O)[C@@H](O)[C@H](O)C2O)[C@@H](O)[C@H](O[C@H]2OC(CO)[C@@H](O)[C@H](O)C2O[C@H]2OC(COP(=O)(O)O)[C@@H](O)[C@H](O)C2O)C1O. The van der Waals surface area contributed by atoms with E-state index in [4.69, 9.17) is 71.9 Å². The number of phosphoric ester groups is 1. The average Bonchev–Trinajstić information content (AvgIpc) is 3.35. The summed E-state index contributed by atoms with van der Waals surface area (Å²) in [7, 11) is -4.13. The molecule has 36 heteroatoms. The smallest absolute Gasteiger partial charge is 0.394 e. The molecule has 6 fully saturated rings. The van der Waals surface area contributed by atoms with Crippen LogP contribution < -0.4 is 0 Å². The largest absolute Gasteiger partial charge is 0.469 e. The molecule has 0 aliphatic carbocycles. The van der Waals surface area contributed by atoms with E-state index >= 15 is 0 Å². The first-order chi connectivity index (χ1) is 34.4. The van der Waals surface area contributed by atoms with Gasteiger partial charge in [-0.25, -0.2) is 9.45 Å². The molecule has 30 atom stereocenters. The van der Waals surface area contributed by atoms with E-state index in [1.54, 1.807) is 0 Å². The quantitative estimate of drug-likeness (QED) is 0.0306.